The highest BCUT2D eigenvalue weighted by atomic mass is 32.2. The Morgan fingerprint density at radius 2 is 1.73 bits per heavy atom. The van der Waals surface area contributed by atoms with Crippen molar-refractivity contribution < 1.29 is 22.3 Å². The van der Waals surface area contributed by atoms with E-state index in [1.54, 1.807) is 11.4 Å². The van der Waals surface area contributed by atoms with E-state index in [0.29, 0.717) is 49.8 Å². The van der Waals surface area contributed by atoms with Gasteiger partial charge in [0.1, 0.15) is 24.4 Å². The molecule has 4 rings (SSSR count). The fourth-order valence-electron chi connectivity index (χ4n) is 4.82. The Morgan fingerprint density at radius 3 is 2.43 bits per heavy atom. The summed E-state index contributed by atoms with van der Waals surface area (Å²) in [5.74, 6) is 1.38. The van der Waals surface area contributed by atoms with Gasteiger partial charge in [-0.2, -0.15) is 4.31 Å². The van der Waals surface area contributed by atoms with Crippen LogP contribution < -0.4 is 14.9 Å². The minimum Gasteiger partial charge on any atom is -0.497 e. The first-order valence-electron chi connectivity index (χ1n) is 12.3. The molecule has 2 heterocycles. The Labute approximate surface area is 218 Å². The number of nitrogens with zero attached hydrogens (tertiary/aromatic N) is 2. The third-order valence-corrected chi connectivity index (χ3v) is 8.72. The molecule has 0 bridgehead atoms. The highest BCUT2D eigenvalue weighted by molar-refractivity contribution is 7.89. The Balaban J connectivity index is 1.38. The molecule has 9 heteroatoms. The normalized spacial score (nSPS) is 15.4. The molecule has 0 radical (unpaired) electrons. The summed E-state index contributed by atoms with van der Waals surface area (Å²) in [7, 11) is -2.00. The van der Waals surface area contributed by atoms with Crippen LogP contribution in [0.4, 0.5) is 0 Å². The van der Waals surface area contributed by atoms with E-state index >= 15 is 0 Å². The molecule has 198 valence electrons. The predicted octanol–water partition coefficient (Wildman–Crippen LogP) is 4.05. The van der Waals surface area contributed by atoms with Crippen molar-refractivity contribution in [2.24, 2.45) is 0 Å². The van der Waals surface area contributed by atoms with E-state index in [1.165, 1.54) is 12.3 Å². The van der Waals surface area contributed by atoms with Crippen LogP contribution in [0, 0.1) is 20.8 Å². The van der Waals surface area contributed by atoms with Gasteiger partial charge in [-0.05, 0) is 62.6 Å². The molecule has 2 aromatic carbocycles. The van der Waals surface area contributed by atoms with Gasteiger partial charge in [0, 0.05) is 25.7 Å². The highest BCUT2D eigenvalue weighted by Gasteiger charge is 2.29. The van der Waals surface area contributed by atoms with Crippen LogP contribution in [0.25, 0.3) is 0 Å². The zero-order chi connectivity index (χ0) is 26.6. The lowest BCUT2D eigenvalue weighted by atomic mass is 10.1. The smallest absolute Gasteiger partial charge is 0.243 e. The van der Waals surface area contributed by atoms with E-state index in [-0.39, 0.29) is 17.8 Å². The molecule has 1 saturated heterocycles. The molecule has 0 saturated carbocycles. The van der Waals surface area contributed by atoms with Crippen molar-refractivity contribution in [1.29, 1.82) is 0 Å². The summed E-state index contributed by atoms with van der Waals surface area (Å²) < 4.78 is 45.1. The number of sulfonamides is 1. The van der Waals surface area contributed by atoms with Crippen LogP contribution in [-0.2, 0) is 23.2 Å². The summed E-state index contributed by atoms with van der Waals surface area (Å²) in [5, 5.41) is 0. The maximum Gasteiger partial charge on any atom is 0.243 e. The van der Waals surface area contributed by atoms with Crippen LogP contribution in [0.15, 0.2) is 62.8 Å². The first-order chi connectivity index (χ1) is 17.7. The number of ether oxygens (including phenoxy) is 2. The number of hydrogen-bond acceptors (Lipinski definition) is 7. The molecular formula is C28H34N2O6S. The second-order valence-corrected chi connectivity index (χ2v) is 11.4. The van der Waals surface area contributed by atoms with Crippen molar-refractivity contribution >= 4 is 10.0 Å². The van der Waals surface area contributed by atoms with Gasteiger partial charge in [0.2, 0.25) is 21.2 Å². The van der Waals surface area contributed by atoms with E-state index in [4.69, 9.17) is 13.9 Å². The molecule has 0 amide bonds. The first-order valence-corrected chi connectivity index (χ1v) is 13.8. The first kappa shape index (κ1) is 26.9. The molecule has 0 N–H and O–H groups in total. The van der Waals surface area contributed by atoms with E-state index in [9.17, 15) is 13.2 Å². The monoisotopic (exact) mass is 526 g/mol. The molecule has 0 spiro atoms. The molecule has 0 unspecified atom stereocenters. The molecule has 0 aliphatic carbocycles. The van der Waals surface area contributed by atoms with Crippen LogP contribution in [-0.4, -0.2) is 50.9 Å². The van der Waals surface area contributed by atoms with Gasteiger partial charge >= 0.3 is 0 Å². The second kappa shape index (κ2) is 11.5. The minimum atomic E-state index is -3.60. The molecule has 3 aromatic rings. The predicted molar refractivity (Wildman–Crippen MR) is 142 cm³/mol. The quantitative estimate of drug-likeness (QED) is 0.438. The average Bonchev–Trinajstić information content (AvgIpc) is 3.09. The molecule has 1 aromatic heterocycles. The number of hydrogen-bond donors (Lipinski definition) is 0. The largest absolute Gasteiger partial charge is 0.497 e. The standard InChI is InChI=1S/C28H34N2O6S/c1-20-13-21(2)28(22(3)14-20)37(32,33)30-10-6-9-29(11-12-30)17-25-16-26(31)27(19-35-25)36-18-23-7-5-8-24(15-23)34-4/h5,7-8,13-16,19H,6,9-12,17-18H2,1-4H3. The van der Waals surface area contributed by atoms with Crippen LogP contribution in [0.1, 0.15) is 34.4 Å². The molecule has 8 nitrogen and oxygen atoms in total. The lowest BCUT2D eigenvalue weighted by Crippen LogP contribution is -2.35. The van der Waals surface area contributed by atoms with Crippen molar-refractivity contribution in [2.75, 3.05) is 33.3 Å². The van der Waals surface area contributed by atoms with Crippen molar-refractivity contribution in [3.63, 3.8) is 0 Å². The SMILES string of the molecule is COc1cccc(COc2coc(CN3CCCN(S(=O)(=O)c4c(C)cc(C)cc4C)CC3)cc2=O)c1. The van der Waals surface area contributed by atoms with Gasteiger partial charge in [-0.15, -0.1) is 0 Å². The lowest BCUT2D eigenvalue weighted by Gasteiger charge is -2.23. The maximum absolute atomic E-state index is 13.5. The average molecular weight is 527 g/mol. The van der Waals surface area contributed by atoms with E-state index in [1.807, 2.05) is 57.2 Å². The van der Waals surface area contributed by atoms with Gasteiger partial charge in [0.05, 0.1) is 18.6 Å². The maximum atomic E-state index is 13.5. The summed E-state index contributed by atoms with van der Waals surface area (Å²) in [6, 6.07) is 12.7. The zero-order valence-electron chi connectivity index (χ0n) is 21.8. The van der Waals surface area contributed by atoms with Crippen molar-refractivity contribution in [3.8, 4) is 11.5 Å². The summed E-state index contributed by atoms with van der Waals surface area (Å²) >= 11 is 0. The van der Waals surface area contributed by atoms with Gasteiger partial charge in [-0.1, -0.05) is 29.8 Å². The molecule has 1 fully saturated rings. The summed E-state index contributed by atoms with van der Waals surface area (Å²) in [4.78, 5) is 15.1. The molecular weight excluding hydrogens is 492 g/mol. The van der Waals surface area contributed by atoms with Gasteiger partial charge in [0.25, 0.3) is 0 Å². The number of methoxy groups -OCH3 is 1. The van der Waals surface area contributed by atoms with Crippen LogP contribution >= 0.6 is 0 Å². The molecule has 1 aliphatic heterocycles. The highest BCUT2D eigenvalue weighted by Crippen LogP contribution is 2.26. The Bertz CT molecular complexity index is 1390. The van der Waals surface area contributed by atoms with Crippen molar-refractivity contribution in [2.45, 2.75) is 45.2 Å². The topological polar surface area (TPSA) is 89.3 Å². The molecule has 1 aliphatic rings. The Morgan fingerprint density at radius 1 is 0.973 bits per heavy atom. The Kier molecular flexibility index (Phi) is 8.36. The zero-order valence-corrected chi connectivity index (χ0v) is 22.6. The van der Waals surface area contributed by atoms with E-state index in [0.717, 1.165) is 28.0 Å². The van der Waals surface area contributed by atoms with E-state index in [2.05, 4.69) is 4.90 Å². The van der Waals surface area contributed by atoms with Gasteiger partial charge < -0.3 is 13.9 Å². The summed E-state index contributed by atoms with van der Waals surface area (Å²) in [6.45, 7) is 8.38. The second-order valence-electron chi connectivity index (χ2n) is 9.48. The minimum absolute atomic E-state index is 0.142. The summed E-state index contributed by atoms with van der Waals surface area (Å²) in [5.41, 5.74) is 3.22. The van der Waals surface area contributed by atoms with Crippen LogP contribution in [0.5, 0.6) is 11.5 Å². The fourth-order valence-corrected chi connectivity index (χ4v) is 6.70. The molecule has 0 atom stereocenters. The van der Waals surface area contributed by atoms with Gasteiger partial charge in [0.15, 0.2) is 0 Å². The fraction of sp³-hybridized carbons (Fsp3) is 0.393. The van der Waals surface area contributed by atoms with E-state index < -0.39 is 10.0 Å². The number of benzene rings is 2. The third kappa shape index (κ3) is 6.41. The third-order valence-electron chi connectivity index (χ3n) is 6.51. The Hall–Kier alpha value is -3.14. The number of aryl methyl sites for hydroxylation is 3. The van der Waals surface area contributed by atoms with Gasteiger partial charge in [-0.25, -0.2) is 8.42 Å². The number of rotatable bonds is 8. The van der Waals surface area contributed by atoms with Crippen LogP contribution in [0.2, 0.25) is 0 Å². The van der Waals surface area contributed by atoms with Crippen molar-refractivity contribution in [3.05, 3.63) is 87.0 Å². The summed E-state index contributed by atoms with van der Waals surface area (Å²) in [6.07, 6.45) is 2.03. The lowest BCUT2D eigenvalue weighted by molar-refractivity contribution is 0.245. The van der Waals surface area contributed by atoms with Crippen LogP contribution in [0.3, 0.4) is 0 Å². The van der Waals surface area contributed by atoms with Gasteiger partial charge in [-0.3, -0.25) is 9.69 Å². The molecule has 37 heavy (non-hydrogen) atoms. The van der Waals surface area contributed by atoms with Crippen molar-refractivity contribution in [1.82, 2.24) is 9.21 Å².